The van der Waals surface area contributed by atoms with Crippen molar-refractivity contribution in [2.24, 2.45) is 0 Å². The summed E-state index contributed by atoms with van der Waals surface area (Å²) in [6.07, 6.45) is 25.9. The third-order valence-corrected chi connectivity index (χ3v) is 10.5. The third kappa shape index (κ3) is 23.2. The molecule has 0 saturated heterocycles. The molecule has 1 atom stereocenters. The molecule has 27 heavy (non-hydrogen) atoms. The molecule has 0 heterocycles. The fourth-order valence-corrected chi connectivity index (χ4v) is 7.37. The topological polar surface area (TPSA) is 9.23 Å². The predicted molar refractivity (Wildman–Crippen MR) is 136 cm³/mol. The van der Waals surface area contributed by atoms with Gasteiger partial charge in [-0.1, -0.05) is 102 Å². The third-order valence-electron chi connectivity index (χ3n) is 4.66. The van der Waals surface area contributed by atoms with Crippen LogP contribution in [-0.2, 0) is 16.3 Å². The number of rotatable bonds is 21. The van der Waals surface area contributed by atoms with Crippen LogP contribution in [0.5, 0.6) is 0 Å². The van der Waals surface area contributed by atoms with Gasteiger partial charge >= 0.3 is 0 Å². The van der Waals surface area contributed by atoms with Crippen molar-refractivity contribution < 1.29 is 4.52 Å². The van der Waals surface area contributed by atoms with Crippen LogP contribution in [0, 0.1) is 0 Å². The highest BCUT2D eigenvalue weighted by molar-refractivity contribution is 8.95. The summed E-state index contributed by atoms with van der Waals surface area (Å²) in [6, 6.07) is 0. The number of thiol groups is 1. The molecule has 0 aromatic carbocycles. The SMILES string of the molecule is CCCCCCCC/C=C\CCCCCCCCOP(=S)(S)SCCCC. The first-order valence-electron chi connectivity index (χ1n) is 11.4. The lowest BCUT2D eigenvalue weighted by Gasteiger charge is -2.15. The molecule has 0 aliphatic rings. The van der Waals surface area contributed by atoms with Crippen LogP contribution in [0.15, 0.2) is 12.2 Å². The summed E-state index contributed by atoms with van der Waals surface area (Å²) >= 11 is 11.8. The Hall–Kier alpha value is 1.05. The molecule has 0 N–H and O–H groups in total. The molecule has 1 nitrogen and oxygen atoms in total. The smallest absolute Gasteiger partial charge is 0.171 e. The first-order valence-corrected chi connectivity index (χ1v) is 16.9. The second-order valence-corrected chi connectivity index (χ2v) is 17.2. The van der Waals surface area contributed by atoms with Crippen LogP contribution >= 0.6 is 28.3 Å². The summed E-state index contributed by atoms with van der Waals surface area (Å²) in [5, 5.41) is 0. The molecule has 0 aromatic heterocycles. The molecule has 0 aromatic rings. The predicted octanol–water partition coefficient (Wildman–Crippen LogP) is 9.73. The fraction of sp³-hybridized carbons (Fsp3) is 0.909. The maximum atomic E-state index is 5.84. The van der Waals surface area contributed by atoms with Crippen LogP contribution < -0.4 is 0 Å². The van der Waals surface area contributed by atoms with Gasteiger partial charge in [0.05, 0.1) is 6.61 Å². The van der Waals surface area contributed by atoms with Crippen LogP contribution in [0.25, 0.3) is 0 Å². The van der Waals surface area contributed by atoms with Gasteiger partial charge in [0.25, 0.3) is 0 Å². The van der Waals surface area contributed by atoms with E-state index in [0.29, 0.717) is 0 Å². The highest BCUT2D eigenvalue weighted by Gasteiger charge is 2.11. The number of allylic oxidation sites excluding steroid dienone is 2. The molecular formula is C22H45OPS3. The molecule has 0 amide bonds. The van der Waals surface area contributed by atoms with E-state index < -0.39 is 4.67 Å². The van der Waals surface area contributed by atoms with Crippen LogP contribution in [0.2, 0.25) is 0 Å². The zero-order valence-corrected chi connectivity index (χ0v) is 21.4. The number of hydrogen-bond acceptors (Lipinski definition) is 3. The maximum absolute atomic E-state index is 5.84. The van der Waals surface area contributed by atoms with Crippen molar-refractivity contribution in [1.29, 1.82) is 0 Å². The van der Waals surface area contributed by atoms with E-state index >= 15 is 0 Å². The molecule has 1 unspecified atom stereocenters. The summed E-state index contributed by atoms with van der Waals surface area (Å²) in [6.45, 7) is 5.28. The normalized spacial score (nSPS) is 14.0. The summed E-state index contributed by atoms with van der Waals surface area (Å²) in [5.74, 6) is 1.09. The van der Waals surface area contributed by atoms with Crippen LogP contribution in [0.3, 0.4) is 0 Å². The van der Waals surface area contributed by atoms with Crippen LogP contribution in [-0.4, -0.2) is 12.4 Å². The molecule has 162 valence electrons. The van der Waals surface area contributed by atoms with Gasteiger partial charge in [0.1, 0.15) is 0 Å². The standard InChI is InChI=1S/C22H45OPS3/c1-3-5-7-8-9-10-11-12-13-14-15-16-17-18-19-20-21-23-24(25,26)27-22-6-4-2/h12-13H,3-11,14-22H2,1-2H3,(H,25,26)/b13-12-. The first-order chi connectivity index (χ1) is 13.1. The Morgan fingerprint density at radius 1 is 0.741 bits per heavy atom. The average Bonchev–Trinajstić information content (AvgIpc) is 2.64. The van der Waals surface area contributed by atoms with Crippen LogP contribution in [0.1, 0.15) is 117 Å². The van der Waals surface area contributed by atoms with Gasteiger partial charge in [0, 0.05) is 5.75 Å². The van der Waals surface area contributed by atoms with Crippen molar-refractivity contribution in [3.8, 4) is 0 Å². The molecule has 0 aliphatic heterocycles. The Labute approximate surface area is 185 Å². The van der Waals surface area contributed by atoms with Crippen molar-refractivity contribution in [3.05, 3.63) is 12.2 Å². The Balaban J connectivity index is 3.26. The lowest BCUT2D eigenvalue weighted by atomic mass is 10.1. The van der Waals surface area contributed by atoms with Gasteiger partial charge in [0.2, 0.25) is 0 Å². The van der Waals surface area contributed by atoms with Gasteiger partial charge in [-0.05, 0) is 50.3 Å². The molecule has 0 saturated carbocycles. The first kappa shape index (κ1) is 28.1. The van der Waals surface area contributed by atoms with Crippen molar-refractivity contribution in [1.82, 2.24) is 0 Å². The van der Waals surface area contributed by atoms with Crippen molar-refractivity contribution in [2.45, 2.75) is 117 Å². The zero-order valence-electron chi connectivity index (χ0n) is 18.0. The van der Waals surface area contributed by atoms with Crippen molar-refractivity contribution in [2.75, 3.05) is 12.4 Å². The average molecular weight is 453 g/mol. The van der Waals surface area contributed by atoms with Crippen molar-refractivity contribution in [3.63, 3.8) is 0 Å². The molecule has 0 spiro atoms. The Kier molecular flexibility index (Phi) is 22.6. The minimum atomic E-state index is -1.88. The van der Waals surface area contributed by atoms with E-state index in [0.717, 1.165) is 18.8 Å². The Morgan fingerprint density at radius 3 is 1.78 bits per heavy atom. The van der Waals surface area contributed by atoms with E-state index in [1.807, 2.05) is 0 Å². The van der Waals surface area contributed by atoms with E-state index in [9.17, 15) is 0 Å². The summed E-state index contributed by atoms with van der Waals surface area (Å²) in [4.78, 5) is 0. The minimum absolute atomic E-state index is 0.793. The highest BCUT2D eigenvalue weighted by Crippen LogP contribution is 2.64. The van der Waals surface area contributed by atoms with Gasteiger partial charge in [-0.15, -0.1) is 12.2 Å². The molecule has 0 radical (unpaired) electrons. The number of hydrogen-bond donors (Lipinski definition) is 1. The van der Waals surface area contributed by atoms with Gasteiger partial charge in [-0.25, -0.2) is 0 Å². The molecule has 5 heteroatoms. The maximum Gasteiger partial charge on any atom is 0.171 e. The van der Waals surface area contributed by atoms with Gasteiger partial charge in [-0.2, -0.15) is 0 Å². The molecule has 0 rings (SSSR count). The molecule has 0 fully saturated rings. The monoisotopic (exact) mass is 452 g/mol. The lowest BCUT2D eigenvalue weighted by Crippen LogP contribution is -1.89. The van der Waals surface area contributed by atoms with E-state index in [1.165, 1.54) is 96.3 Å². The summed E-state index contributed by atoms with van der Waals surface area (Å²) in [5.41, 5.74) is 0. The van der Waals surface area contributed by atoms with Crippen molar-refractivity contribution >= 4 is 40.1 Å². The quantitative estimate of drug-likeness (QED) is 0.0803. The van der Waals surface area contributed by atoms with E-state index in [1.54, 1.807) is 11.4 Å². The van der Waals surface area contributed by atoms with Gasteiger partial charge in [0.15, 0.2) is 4.67 Å². The second kappa shape index (κ2) is 21.8. The Bertz CT molecular complexity index is 375. The second-order valence-electron chi connectivity index (χ2n) is 7.43. The summed E-state index contributed by atoms with van der Waals surface area (Å²) < 4.78 is 3.96. The van der Waals surface area contributed by atoms with E-state index in [2.05, 4.69) is 38.2 Å². The zero-order chi connectivity index (χ0) is 20.1. The minimum Gasteiger partial charge on any atom is -0.334 e. The van der Waals surface area contributed by atoms with E-state index in [4.69, 9.17) is 16.3 Å². The largest absolute Gasteiger partial charge is 0.334 e. The lowest BCUT2D eigenvalue weighted by molar-refractivity contribution is 0.347. The van der Waals surface area contributed by atoms with Crippen LogP contribution in [0.4, 0.5) is 0 Å². The molecule has 0 aliphatic carbocycles. The van der Waals surface area contributed by atoms with Gasteiger partial charge in [-0.3, -0.25) is 0 Å². The molecule has 0 bridgehead atoms. The fourth-order valence-electron chi connectivity index (χ4n) is 2.89. The highest BCUT2D eigenvalue weighted by atomic mass is 33.2. The number of unbranched alkanes of at least 4 members (excludes halogenated alkanes) is 13. The van der Waals surface area contributed by atoms with E-state index in [-0.39, 0.29) is 0 Å². The summed E-state index contributed by atoms with van der Waals surface area (Å²) in [7, 11) is 0. The van der Waals surface area contributed by atoms with Gasteiger partial charge < -0.3 is 4.52 Å². The Morgan fingerprint density at radius 2 is 1.22 bits per heavy atom. The molecular weight excluding hydrogens is 407 g/mol.